The molecule has 1 heterocycles. The van der Waals surface area contributed by atoms with E-state index in [4.69, 9.17) is 4.74 Å². The van der Waals surface area contributed by atoms with Gasteiger partial charge in [-0.15, -0.1) is 0 Å². The second-order valence-corrected chi connectivity index (χ2v) is 7.95. The molecule has 0 aliphatic carbocycles. The molecule has 120 valence electrons. The van der Waals surface area contributed by atoms with Gasteiger partial charge >= 0.3 is 0 Å². The Morgan fingerprint density at radius 1 is 1.15 bits per heavy atom. The van der Waals surface area contributed by atoms with Crippen LogP contribution in [0.2, 0.25) is 0 Å². The lowest BCUT2D eigenvalue weighted by Crippen LogP contribution is -2.40. The van der Waals surface area contributed by atoms with E-state index in [1.807, 2.05) is 0 Å². The number of hydrogen-bond donors (Lipinski definition) is 2. The lowest BCUT2D eigenvalue weighted by atomic mass is 9.83. The highest BCUT2D eigenvalue weighted by molar-refractivity contribution is 7.89. The third-order valence-corrected chi connectivity index (χ3v) is 5.27. The van der Waals surface area contributed by atoms with Crippen LogP contribution in [0.15, 0.2) is 0 Å². The van der Waals surface area contributed by atoms with Crippen LogP contribution >= 0.6 is 0 Å². The zero-order valence-electron chi connectivity index (χ0n) is 12.9. The topological polar surface area (TPSA) is 67.4 Å². The highest BCUT2D eigenvalue weighted by atomic mass is 32.2. The molecule has 0 aromatic carbocycles. The zero-order chi connectivity index (χ0) is 14.9. The fourth-order valence-electron chi connectivity index (χ4n) is 2.24. The molecule has 6 heteroatoms. The van der Waals surface area contributed by atoms with Gasteiger partial charge in [0, 0.05) is 19.8 Å². The van der Waals surface area contributed by atoms with Gasteiger partial charge in [0.2, 0.25) is 10.0 Å². The van der Waals surface area contributed by atoms with E-state index >= 15 is 0 Å². The van der Waals surface area contributed by atoms with Crippen LogP contribution in [0.1, 0.15) is 46.0 Å². The van der Waals surface area contributed by atoms with Gasteiger partial charge < -0.3 is 10.1 Å². The molecule has 1 aliphatic heterocycles. The predicted molar refractivity (Wildman–Crippen MR) is 82.3 cm³/mol. The Kier molecular flexibility index (Phi) is 8.02. The first-order valence-corrected chi connectivity index (χ1v) is 9.38. The third-order valence-electron chi connectivity index (χ3n) is 3.86. The van der Waals surface area contributed by atoms with Gasteiger partial charge in [0.15, 0.2) is 0 Å². The molecule has 0 saturated carbocycles. The quantitative estimate of drug-likeness (QED) is 0.600. The van der Waals surface area contributed by atoms with E-state index in [9.17, 15) is 8.42 Å². The van der Waals surface area contributed by atoms with Crippen molar-refractivity contribution in [2.75, 3.05) is 38.6 Å². The van der Waals surface area contributed by atoms with Crippen molar-refractivity contribution in [3.05, 3.63) is 0 Å². The van der Waals surface area contributed by atoms with Crippen molar-refractivity contribution < 1.29 is 13.2 Å². The molecule has 1 fully saturated rings. The molecule has 2 N–H and O–H groups in total. The maximum Gasteiger partial charge on any atom is 0.211 e. The van der Waals surface area contributed by atoms with Gasteiger partial charge in [-0.05, 0) is 50.6 Å². The molecule has 1 saturated heterocycles. The minimum absolute atomic E-state index is 0.0496. The van der Waals surface area contributed by atoms with E-state index < -0.39 is 10.0 Å². The minimum atomic E-state index is -3.13. The molecule has 0 bridgehead atoms. The Labute approximate surface area is 123 Å². The van der Waals surface area contributed by atoms with Gasteiger partial charge in [-0.3, -0.25) is 0 Å². The molecule has 1 rings (SSSR count). The minimum Gasteiger partial charge on any atom is -0.381 e. The smallest absolute Gasteiger partial charge is 0.211 e. The van der Waals surface area contributed by atoms with E-state index in [-0.39, 0.29) is 11.2 Å². The van der Waals surface area contributed by atoms with Crippen LogP contribution in [0.5, 0.6) is 0 Å². The molecule has 5 nitrogen and oxygen atoms in total. The molecule has 0 atom stereocenters. The average molecular weight is 306 g/mol. The van der Waals surface area contributed by atoms with Crippen LogP contribution < -0.4 is 10.0 Å². The lowest BCUT2D eigenvalue weighted by Gasteiger charge is -2.33. The molecular weight excluding hydrogens is 276 g/mol. The van der Waals surface area contributed by atoms with Crippen molar-refractivity contribution in [1.82, 2.24) is 10.0 Å². The van der Waals surface area contributed by atoms with Crippen molar-refractivity contribution in [3.63, 3.8) is 0 Å². The third kappa shape index (κ3) is 7.57. The summed E-state index contributed by atoms with van der Waals surface area (Å²) < 4.78 is 32.0. The summed E-state index contributed by atoms with van der Waals surface area (Å²) in [6.45, 7) is 8.17. The second-order valence-electron chi connectivity index (χ2n) is 6.02. The van der Waals surface area contributed by atoms with E-state index in [0.717, 1.165) is 52.0 Å². The maximum atomic E-state index is 11.9. The van der Waals surface area contributed by atoms with Crippen molar-refractivity contribution in [3.8, 4) is 0 Å². The summed E-state index contributed by atoms with van der Waals surface area (Å²) in [5.41, 5.74) is 0.0496. The van der Waals surface area contributed by atoms with E-state index in [1.165, 1.54) is 0 Å². The number of unbranched alkanes of at least 4 members (excludes halogenated alkanes) is 1. The highest BCUT2D eigenvalue weighted by Gasteiger charge is 2.28. The van der Waals surface area contributed by atoms with Crippen LogP contribution in [0.3, 0.4) is 0 Å². The van der Waals surface area contributed by atoms with Crippen LogP contribution in [-0.4, -0.2) is 47.0 Å². The molecule has 20 heavy (non-hydrogen) atoms. The van der Waals surface area contributed by atoms with Crippen LogP contribution in [0.25, 0.3) is 0 Å². The number of sulfonamides is 1. The Morgan fingerprint density at radius 3 is 2.50 bits per heavy atom. The van der Waals surface area contributed by atoms with E-state index in [0.29, 0.717) is 13.0 Å². The van der Waals surface area contributed by atoms with Crippen molar-refractivity contribution in [2.24, 2.45) is 5.41 Å². The normalized spacial score (nSPS) is 19.1. The Balaban J connectivity index is 2.17. The van der Waals surface area contributed by atoms with Gasteiger partial charge in [-0.1, -0.05) is 13.8 Å². The number of rotatable bonds is 10. The molecular formula is C14H30N2O3S. The fourth-order valence-corrected chi connectivity index (χ4v) is 3.54. The second kappa shape index (κ2) is 8.97. The summed E-state index contributed by atoms with van der Waals surface area (Å²) in [6.07, 6.45) is 4.59. The predicted octanol–water partition coefficient (Wildman–Crippen LogP) is 1.50. The van der Waals surface area contributed by atoms with Crippen molar-refractivity contribution in [1.29, 1.82) is 0 Å². The molecule has 0 unspecified atom stereocenters. The number of hydrogen-bond acceptors (Lipinski definition) is 4. The first kappa shape index (κ1) is 17.9. The van der Waals surface area contributed by atoms with Crippen molar-refractivity contribution >= 4 is 10.0 Å². The Hall–Kier alpha value is -0.170. The van der Waals surface area contributed by atoms with Gasteiger partial charge in [-0.25, -0.2) is 13.1 Å². The van der Waals surface area contributed by atoms with Gasteiger partial charge in [0.25, 0.3) is 0 Å². The molecule has 0 aromatic heterocycles. The van der Waals surface area contributed by atoms with Crippen molar-refractivity contribution in [2.45, 2.75) is 46.0 Å². The molecule has 0 aromatic rings. The molecule has 0 amide bonds. The maximum absolute atomic E-state index is 11.9. The summed E-state index contributed by atoms with van der Waals surface area (Å²) in [7, 11) is -3.13. The summed E-state index contributed by atoms with van der Waals surface area (Å²) in [5, 5.41) is 3.28. The number of ether oxygens (including phenoxy) is 1. The van der Waals surface area contributed by atoms with Crippen LogP contribution in [0.4, 0.5) is 0 Å². The SMILES string of the molecule is CCCNCCCCS(=O)(=O)NCC1(C)CCOCC1. The van der Waals surface area contributed by atoms with Crippen LogP contribution in [0, 0.1) is 5.41 Å². The molecule has 0 spiro atoms. The van der Waals surface area contributed by atoms with E-state index in [2.05, 4.69) is 23.9 Å². The lowest BCUT2D eigenvalue weighted by molar-refractivity contribution is 0.0265. The van der Waals surface area contributed by atoms with Gasteiger partial charge in [0.1, 0.15) is 0 Å². The fraction of sp³-hybridized carbons (Fsp3) is 1.00. The van der Waals surface area contributed by atoms with Gasteiger partial charge in [0.05, 0.1) is 5.75 Å². The van der Waals surface area contributed by atoms with E-state index in [1.54, 1.807) is 0 Å². The average Bonchev–Trinajstić information content (AvgIpc) is 2.42. The van der Waals surface area contributed by atoms with Gasteiger partial charge in [-0.2, -0.15) is 0 Å². The Bertz CT molecular complexity index is 351. The molecule has 1 aliphatic rings. The molecule has 0 radical (unpaired) electrons. The Morgan fingerprint density at radius 2 is 1.85 bits per heavy atom. The summed E-state index contributed by atoms with van der Waals surface area (Å²) >= 11 is 0. The monoisotopic (exact) mass is 306 g/mol. The summed E-state index contributed by atoms with van der Waals surface area (Å²) in [4.78, 5) is 0. The highest BCUT2D eigenvalue weighted by Crippen LogP contribution is 2.28. The summed E-state index contributed by atoms with van der Waals surface area (Å²) in [6, 6.07) is 0. The largest absolute Gasteiger partial charge is 0.381 e. The first-order chi connectivity index (χ1) is 9.47. The summed E-state index contributed by atoms with van der Waals surface area (Å²) in [5.74, 6) is 0.230. The standard InChI is InChI=1S/C14H30N2O3S/c1-3-8-15-9-4-5-12-20(17,18)16-13-14(2)6-10-19-11-7-14/h15-16H,3-13H2,1-2H3. The first-order valence-electron chi connectivity index (χ1n) is 7.73. The number of nitrogens with one attached hydrogen (secondary N) is 2. The van der Waals surface area contributed by atoms with Crippen LogP contribution in [-0.2, 0) is 14.8 Å². The zero-order valence-corrected chi connectivity index (χ0v) is 13.7.